The number of carboxylic acids is 1. The van der Waals surface area contributed by atoms with E-state index in [9.17, 15) is 4.79 Å². The largest absolute Gasteiger partial charge is 0.481 e. The summed E-state index contributed by atoms with van der Waals surface area (Å²) in [6, 6.07) is 0. The lowest BCUT2D eigenvalue weighted by molar-refractivity contribution is -0.153. The van der Waals surface area contributed by atoms with Gasteiger partial charge in [-0.25, -0.2) is 0 Å². The van der Waals surface area contributed by atoms with Crippen LogP contribution in [0, 0.1) is 11.3 Å². The summed E-state index contributed by atoms with van der Waals surface area (Å²) in [5.74, 6) is -0.602. The third-order valence-electron chi connectivity index (χ3n) is 2.55. The number of methoxy groups -OCH3 is 1. The first-order valence-electron chi connectivity index (χ1n) is 4.10. The average Bonchev–Trinajstić information content (AvgIpc) is 2.82. The Morgan fingerprint density at radius 1 is 1.75 bits per heavy atom. The lowest BCUT2D eigenvalue weighted by atomic mass is 9.83. The van der Waals surface area contributed by atoms with Crippen molar-refractivity contribution in [3.63, 3.8) is 0 Å². The summed E-state index contributed by atoms with van der Waals surface area (Å²) in [6.45, 7) is 0.393. The standard InChI is InChI=1S/C8H15NO3/c1-12-5-8(4-9,7(10)11)6-2-3-6/h6H,2-5,9H2,1H3,(H,10,11). The van der Waals surface area contributed by atoms with E-state index in [2.05, 4.69) is 0 Å². The monoisotopic (exact) mass is 173 g/mol. The molecular formula is C8H15NO3. The SMILES string of the molecule is COCC(CN)(C(=O)O)C1CC1. The van der Waals surface area contributed by atoms with Crippen molar-refractivity contribution in [1.82, 2.24) is 0 Å². The van der Waals surface area contributed by atoms with Crippen LogP contribution in [0.25, 0.3) is 0 Å². The van der Waals surface area contributed by atoms with Crippen molar-refractivity contribution in [2.75, 3.05) is 20.3 Å². The van der Waals surface area contributed by atoms with Gasteiger partial charge >= 0.3 is 5.97 Å². The van der Waals surface area contributed by atoms with E-state index in [4.69, 9.17) is 15.6 Å². The van der Waals surface area contributed by atoms with Gasteiger partial charge in [0, 0.05) is 13.7 Å². The molecule has 1 fully saturated rings. The summed E-state index contributed by atoms with van der Waals surface area (Å²) in [6.07, 6.45) is 1.93. The number of ether oxygens (including phenoxy) is 1. The molecule has 0 aromatic carbocycles. The van der Waals surface area contributed by atoms with E-state index in [1.54, 1.807) is 0 Å². The fraction of sp³-hybridized carbons (Fsp3) is 0.875. The molecule has 1 rings (SSSR count). The zero-order valence-electron chi connectivity index (χ0n) is 7.25. The normalized spacial score (nSPS) is 21.8. The predicted molar refractivity (Wildman–Crippen MR) is 43.7 cm³/mol. The van der Waals surface area contributed by atoms with Gasteiger partial charge in [-0.1, -0.05) is 0 Å². The molecule has 0 aromatic heterocycles. The lowest BCUT2D eigenvalue weighted by Gasteiger charge is -2.26. The second-order valence-corrected chi connectivity index (χ2v) is 3.37. The van der Waals surface area contributed by atoms with Gasteiger partial charge in [-0.2, -0.15) is 0 Å². The number of carboxylic acid groups (broad SMARTS) is 1. The van der Waals surface area contributed by atoms with Gasteiger partial charge in [0.15, 0.2) is 0 Å². The number of carbonyl (C=O) groups is 1. The van der Waals surface area contributed by atoms with Gasteiger partial charge < -0.3 is 15.6 Å². The highest BCUT2D eigenvalue weighted by atomic mass is 16.5. The minimum absolute atomic E-state index is 0.167. The highest BCUT2D eigenvalue weighted by Gasteiger charge is 2.50. The minimum atomic E-state index is -0.825. The molecule has 1 atom stereocenters. The fourth-order valence-electron chi connectivity index (χ4n) is 1.56. The lowest BCUT2D eigenvalue weighted by Crippen LogP contribution is -2.44. The van der Waals surface area contributed by atoms with Crippen molar-refractivity contribution in [3.05, 3.63) is 0 Å². The Bertz CT molecular complexity index is 179. The van der Waals surface area contributed by atoms with Gasteiger partial charge in [0.1, 0.15) is 5.41 Å². The first-order valence-corrected chi connectivity index (χ1v) is 4.10. The highest BCUT2D eigenvalue weighted by Crippen LogP contribution is 2.45. The summed E-state index contributed by atoms with van der Waals surface area (Å²) in [5, 5.41) is 9.01. The van der Waals surface area contributed by atoms with Crippen LogP contribution in [0.3, 0.4) is 0 Å². The summed E-state index contributed by atoms with van der Waals surface area (Å²) in [4.78, 5) is 11.0. The van der Waals surface area contributed by atoms with Crippen molar-refractivity contribution in [3.8, 4) is 0 Å². The Labute approximate surface area is 71.7 Å². The Morgan fingerprint density at radius 3 is 2.58 bits per heavy atom. The van der Waals surface area contributed by atoms with E-state index in [0.29, 0.717) is 0 Å². The molecule has 0 saturated heterocycles. The molecule has 4 nitrogen and oxygen atoms in total. The summed E-state index contributed by atoms with van der Waals surface area (Å²) >= 11 is 0. The van der Waals surface area contributed by atoms with Gasteiger partial charge in [-0.3, -0.25) is 4.79 Å². The third-order valence-corrected chi connectivity index (χ3v) is 2.55. The number of hydrogen-bond donors (Lipinski definition) is 2. The topological polar surface area (TPSA) is 72.5 Å². The molecule has 4 heteroatoms. The molecule has 0 bridgehead atoms. The van der Waals surface area contributed by atoms with E-state index in [0.717, 1.165) is 12.8 Å². The minimum Gasteiger partial charge on any atom is -0.481 e. The van der Waals surface area contributed by atoms with Crippen molar-refractivity contribution >= 4 is 5.97 Å². The average molecular weight is 173 g/mol. The molecule has 0 amide bonds. The van der Waals surface area contributed by atoms with Gasteiger partial charge in [0.25, 0.3) is 0 Å². The molecule has 12 heavy (non-hydrogen) atoms. The summed E-state index contributed by atoms with van der Waals surface area (Å²) in [7, 11) is 1.51. The number of nitrogens with two attached hydrogens (primary N) is 1. The smallest absolute Gasteiger partial charge is 0.313 e. The third kappa shape index (κ3) is 1.44. The molecule has 0 aromatic rings. The van der Waals surface area contributed by atoms with Gasteiger partial charge in [0.2, 0.25) is 0 Å². The van der Waals surface area contributed by atoms with Gasteiger partial charge in [0.05, 0.1) is 6.61 Å². The van der Waals surface area contributed by atoms with Crippen molar-refractivity contribution in [1.29, 1.82) is 0 Å². The maximum absolute atomic E-state index is 11.0. The number of rotatable bonds is 5. The van der Waals surface area contributed by atoms with E-state index >= 15 is 0 Å². The molecule has 1 saturated carbocycles. The van der Waals surface area contributed by atoms with Crippen LogP contribution in [-0.4, -0.2) is 31.3 Å². The van der Waals surface area contributed by atoms with E-state index in [-0.39, 0.29) is 19.1 Å². The van der Waals surface area contributed by atoms with Crippen LogP contribution in [-0.2, 0) is 9.53 Å². The second kappa shape index (κ2) is 3.41. The zero-order chi connectivity index (χ0) is 9.19. The molecule has 3 N–H and O–H groups in total. The maximum atomic E-state index is 11.0. The van der Waals surface area contributed by atoms with Crippen LogP contribution in [0.1, 0.15) is 12.8 Å². The molecule has 1 aliphatic carbocycles. The molecule has 70 valence electrons. The predicted octanol–water partition coefficient (Wildman–Crippen LogP) is 0.0725. The van der Waals surface area contributed by atoms with Crippen LogP contribution in [0.5, 0.6) is 0 Å². The van der Waals surface area contributed by atoms with Crippen molar-refractivity contribution in [2.45, 2.75) is 12.8 Å². The van der Waals surface area contributed by atoms with E-state index in [1.807, 2.05) is 0 Å². The second-order valence-electron chi connectivity index (χ2n) is 3.37. The first-order chi connectivity index (χ1) is 5.67. The van der Waals surface area contributed by atoms with Gasteiger partial charge in [-0.15, -0.1) is 0 Å². The maximum Gasteiger partial charge on any atom is 0.313 e. The van der Waals surface area contributed by atoms with Crippen LogP contribution < -0.4 is 5.73 Å². The number of hydrogen-bond acceptors (Lipinski definition) is 3. The zero-order valence-corrected chi connectivity index (χ0v) is 7.25. The summed E-state index contributed by atoms with van der Waals surface area (Å²) in [5.41, 5.74) is 4.65. The number of aliphatic carboxylic acids is 1. The Kier molecular flexibility index (Phi) is 2.69. The molecule has 0 aliphatic heterocycles. The molecule has 0 heterocycles. The van der Waals surface area contributed by atoms with Crippen LogP contribution >= 0.6 is 0 Å². The Balaban J connectivity index is 2.71. The van der Waals surface area contributed by atoms with Gasteiger partial charge in [-0.05, 0) is 18.8 Å². The molecule has 0 spiro atoms. The van der Waals surface area contributed by atoms with Crippen LogP contribution in [0.2, 0.25) is 0 Å². The van der Waals surface area contributed by atoms with Crippen LogP contribution in [0.15, 0.2) is 0 Å². The van der Waals surface area contributed by atoms with E-state index in [1.165, 1.54) is 7.11 Å². The Morgan fingerprint density at radius 2 is 2.33 bits per heavy atom. The highest BCUT2D eigenvalue weighted by molar-refractivity contribution is 5.76. The molecule has 1 aliphatic rings. The summed E-state index contributed by atoms with van der Waals surface area (Å²) < 4.78 is 4.90. The first kappa shape index (κ1) is 9.48. The van der Waals surface area contributed by atoms with Crippen LogP contribution in [0.4, 0.5) is 0 Å². The fourth-order valence-corrected chi connectivity index (χ4v) is 1.56. The van der Waals surface area contributed by atoms with E-state index < -0.39 is 11.4 Å². The molecule has 1 unspecified atom stereocenters. The quantitative estimate of drug-likeness (QED) is 0.617. The Hall–Kier alpha value is -0.610. The van der Waals surface area contributed by atoms with Crippen molar-refractivity contribution < 1.29 is 14.6 Å². The molecule has 0 radical (unpaired) electrons. The molecular weight excluding hydrogens is 158 g/mol. The van der Waals surface area contributed by atoms with Crippen molar-refractivity contribution in [2.24, 2.45) is 17.1 Å².